The molecule has 0 fully saturated rings. The van der Waals surface area contributed by atoms with Crippen LogP contribution in [0.5, 0.6) is 5.88 Å². The normalized spacial score (nSPS) is 13.7. The molecule has 0 unspecified atom stereocenters. The predicted molar refractivity (Wildman–Crippen MR) is 115 cm³/mol. The van der Waals surface area contributed by atoms with Gasteiger partial charge in [0.2, 0.25) is 15.9 Å². The van der Waals surface area contributed by atoms with Crippen molar-refractivity contribution in [2.45, 2.75) is 37.4 Å². The molecule has 0 aliphatic carbocycles. The molecular weight excluding hydrogens is 422 g/mol. The standard InChI is InChI=1S/C21H29N3O6S/c1-15(2)13-24(31(27,28)17-9-10-20(29-3)23-12-17)14-18(25)19(30-21(22)26)11-16-7-5-4-6-8-16/h4-10,12,15,18-19,25H,11,13-14H2,1-3H3,(H2,22,26)/t18-,19+/m1/s1. The number of aliphatic hydroxyl groups excluding tert-OH is 1. The molecule has 1 heterocycles. The van der Waals surface area contributed by atoms with Gasteiger partial charge in [-0.1, -0.05) is 44.2 Å². The number of benzene rings is 1. The molecule has 9 nitrogen and oxygen atoms in total. The number of hydrogen-bond donors (Lipinski definition) is 2. The summed E-state index contributed by atoms with van der Waals surface area (Å²) in [5, 5.41) is 10.8. The summed E-state index contributed by atoms with van der Waals surface area (Å²) in [4.78, 5) is 15.3. The molecule has 170 valence electrons. The van der Waals surface area contributed by atoms with Crippen molar-refractivity contribution >= 4 is 16.1 Å². The molecule has 1 aromatic heterocycles. The second-order valence-electron chi connectivity index (χ2n) is 7.48. The second kappa shape index (κ2) is 11.1. The fourth-order valence-corrected chi connectivity index (χ4v) is 4.61. The summed E-state index contributed by atoms with van der Waals surface area (Å²) < 4.78 is 37.7. The third-order valence-electron chi connectivity index (χ3n) is 4.49. The number of amides is 1. The first kappa shape index (κ1) is 24.6. The van der Waals surface area contributed by atoms with E-state index in [2.05, 4.69) is 4.98 Å². The number of methoxy groups -OCH3 is 1. The first-order valence-electron chi connectivity index (χ1n) is 9.81. The molecule has 0 saturated carbocycles. The molecule has 1 amide bonds. The van der Waals surface area contributed by atoms with E-state index in [1.807, 2.05) is 44.2 Å². The van der Waals surface area contributed by atoms with Gasteiger partial charge in [-0.15, -0.1) is 0 Å². The van der Waals surface area contributed by atoms with Crippen molar-refractivity contribution in [1.82, 2.24) is 9.29 Å². The highest BCUT2D eigenvalue weighted by atomic mass is 32.2. The number of aliphatic hydroxyl groups is 1. The van der Waals surface area contributed by atoms with Crippen LogP contribution in [0.3, 0.4) is 0 Å². The van der Waals surface area contributed by atoms with Crippen LogP contribution in [0.15, 0.2) is 53.6 Å². The van der Waals surface area contributed by atoms with Crippen molar-refractivity contribution in [1.29, 1.82) is 0 Å². The van der Waals surface area contributed by atoms with Crippen molar-refractivity contribution in [3.63, 3.8) is 0 Å². The highest BCUT2D eigenvalue weighted by molar-refractivity contribution is 7.89. The van der Waals surface area contributed by atoms with Gasteiger partial charge in [-0.3, -0.25) is 0 Å². The van der Waals surface area contributed by atoms with Gasteiger partial charge in [0, 0.05) is 25.6 Å². The number of nitrogens with zero attached hydrogens (tertiary/aromatic N) is 2. The Hall–Kier alpha value is -2.69. The maximum absolute atomic E-state index is 13.2. The zero-order chi connectivity index (χ0) is 23.0. The minimum atomic E-state index is -3.97. The fourth-order valence-electron chi connectivity index (χ4n) is 3.05. The summed E-state index contributed by atoms with van der Waals surface area (Å²) in [6, 6.07) is 11.9. The number of rotatable bonds is 11. The van der Waals surface area contributed by atoms with Crippen LogP contribution in [0.2, 0.25) is 0 Å². The number of ether oxygens (including phenoxy) is 2. The fraction of sp³-hybridized carbons (Fsp3) is 0.429. The zero-order valence-corrected chi connectivity index (χ0v) is 18.7. The van der Waals surface area contributed by atoms with E-state index in [-0.39, 0.29) is 36.2 Å². The molecule has 0 saturated heterocycles. The molecule has 0 spiro atoms. The minimum absolute atomic E-state index is 0.0159. The van der Waals surface area contributed by atoms with E-state index >= 15 is 0 Å². The smallest absolute Gasteiger partial charge is 0.404 e. The third kappa shape index (κ3) is 7.20. The molecule has 3 N–H and O–H groups in total. The Labute approximate surface area is 182 Å². The van der Waals surface area contributed by atoms with E-state index in [9.17, 15) is 18.3 Å². The number of hydrogen-bond acceptors (Lipinski definition) is 7. The van der Waals surface area contributed by atoms with Crippen LogP contribution >= 0.6 is 0 Å². The summed E-state index contributed by atoms with van der Waals surface area (Å²) in [5.41, 5.74) is 5.99. The first-order chi connectivity index (χ1) is 14.6. The summed E-state index contributed by atoms with van der Waals surface area (Å²) in [6.07, 6.45) is -1.97. The van der Waals surface area contributed by atoms with Gasteiger partial charge >= 0.3 is 6.09 Å². The molecule has 1 aromatic carbocycles. The third-order valence-corrected chi connectivity index (χ3v) is 6.31. The average Bonchev–Trinajstić information content (AvgIpc) is 2.73. The Kier molecular flexibility index (Phi) is 8.78. The van der Waals surface area contributed by atoms with Crippen LogP contribution in [0.4, 0.5) is 4.79 Å². The van der Waals surface area contributed by atoms with Crippen LogP contribution in [-0.2, 0) is 21.2 Å². The molecule has 2 rings (SSSR count). The Balaban J connectivity index is 2.27. The van der Waals surface area contributed by atoms with Gasteiger partial charge in [0.1, 0.15) is 17.1 Å². The average molecular weight is 452 g/mol. The maximum atomic E-state index is 13.2. The van der Waals surface area contributed by atoms with Crippen molar-refractivity contribution in [3.05, 3.63) is 54.2 Å². The van der Waals surface area contributed by atoms with E-state index < -0.39 is 28.3 Å². The SMILES string of the molecule is COc1ccc(S(=O)(=O)N(CC(C)C)C[C@@H](O)[C@H](Cc2ccccc2)OC(N)=O)cn1. The van der Waals surface area contributed by atoms with Crippen LogP contribution in [0.1, 0.15) is 19.4 Å². The lowest BCUT2D eigenvalue weighted by atomic mass is 10.0. The Bertz CT molecular complexity index is 935. The number of carbonyl (C=O) groups excluding carboxylic acids is 1. The van der Waals surface area contributed by atoms with Gasteiger partial charge in [-0.2, -0.15) is 4.31 Å². The number of sulfonamides is 1. The summed E-state index contributed by atoms with van der Waals surface area (Å²) in [7, 11) is -2.53. The highest BCUT2D eigenvalue weighted by Gasteiger charge is 2.32. The van der Waals surface area contributed by atoms with E-state index in [1.54, 1.807) is 0 Å². The molecule has 0 bridgehead atoms. The summed E-state index contributed by atoms with van der Waals surface area (Å²) in [5.74, 6) is 0.269. The van der Waals surface area contributed by atoms with Gasteiger partial charge < -0.3 is 20.3 Å². The molecule has 31 heavy (non-hydrogen) atoms. The van der Waals surface area contributed by atoms with Crippen molar-refractivity contribution in [3.8, 4) is 5.88 Å². The lowest BCUT2D eigenvalue weighted by molar-refractivity contribution is -0.00189. The molecule has 10 heteroatoms. The van der Waals surface area contributed by atoms with Crippen LogP contribution in [0, 0.1) is 5.92 Å². The number of pyridine rings is 1. The Morgan fingerprint density at radius 3 is 2.35 bits per heavy atom. The Morgan fingerprint density at radius 2 is 1.84 bits per heavy atom. The number of nitrogens with two attached hydrogens (primary N) is 1. The van der Waals surface area contributed by atoms with Gasteiger partial charge in [-0.25, -0.2) is 18.2 Å². The second-order valence-corrected chi connectivity index (χ2v) is 9.42. The molecular formula is C21H29N3O6S. The molecule has 0 radical (unpaired) electrons. The van der Waals surface area contributed by atoms with Gasteiger partial charge in [0.15, 0.2) is 0 Å². The Morgan fingerprint density at radius 1 is 1.16 bits per heavy atom. The lowest BCUT2D eigenvalue weighted by Crippen LogP contribution is -2.46. The molecule has 2 aromatic rings. The van der Waals surface area contributed by atoms with E-state index in [0.717, 1.165) is 9.87 Å². The van der Waals surface area contributed by atoms with E-state index in [4.69, 9.17) is 15.2 Å². The number of primary amides is 1. The molecule has 0 aliphatic rings. The first-order valence-corrected chi connectivity index (χ1v) is 11.3. The van der Waals surface area contributed by atoms with Gasteiger partial charge in [0.25, 0.3) is 0 Å². The largest absolute Gasteiger partial charge is 0.481 e. The van der Waals surface area contributed by atoms with Crippen LogP contribution in [0.25, 0.3) is 0 Å². The zero-order valence-electron chi connectivity index (χ0n) is 17.8. The quantitative estimate of drug-likeness (QED) is 0.532. The highest BCUT2D eigenvalue weighted by Crippen LogP contribution is 2.20. The monoisotopic (exact) mass is 451 g/mol. The number of carbonyl (C=O) groups is 1. The molecule has 0 aliphatic heterocycles. The van der Waals surface area contributed by atoms with Crippen molar-refractivity contribution in [2.24, 2.45) is 11.7 Å². The topological polar surface area (TPSA) is 132 Å². The maximum Gasteiger partial charge on any atom is 0.404 e. The van der Waals surface area contributed by atoms with Crippen molar-refractivity contribution < 1.29 is 27.8 Å². The predicted octanol–water partition coefficient (Wildman–Crippen LogP) is 1.80. The van der Waals surface area contributed by atoms with Gasteiger partial charge in [0.05, 0.1) is 13.3 Å². The van der Waals surface area contributed by atoms with E-state index in [0.29, 0.717) is 0 Å². The van der Waals surface area contributed by atoms with Crippen LogP contribution < -0.4 is 10.5 Å². The van der Waals surface area contributed by atoms with Gasteiger partial charge in [-0.05, 0) is 17.5 Å². The minimum Gasteiger partial charge on any atom is -0.481 e. The summed E-state index contributed by atoms with van der Waals surface area (Å²) >= 11 is 0. The molecule has 2 atom stereocenters. The van der Waals surface area contributed by atoms with Crippen molar-refractivity contribution in [2.75, 3.05) is 20.2 Å². The lowest BCUT2D eigenvalue weighted by Gasteiger charge is -2.29. The number of aromatic nitrogens is 1. The van der Waals surface area contributed by atoms with E-state index in [1.165, 1.54) is 25.4 Å². The van der Waals surface area contributed by atoms with Crippen LogP contribution in [-0.4, -0.2) is 61.3 Å². The summed E-state index contributed by atoms with van der Waals surface area (Å²) in [6.45, 7) is 3.60.